The van der Waals surface area contributed by atoms with E-state index in [9.17, 15) is 19.8 Å². The molecule has 2 N–H and O–H groups in total. The van der Waals surface area contributed by atoms with Crippen LogP contribution < -0.4 is 0 Å². The van der Waals surface area contributed by atoms with Gasteiger partial charge in [-0.15, -0.1) is 0 Å². The van der Waals surface area contributed by atoms with Crippen LogP contribution in [0.15, 0.2) is 54.1 Å². The zero-order chi connectivity index (χ0) is 21.8. The number of aliphatic hydroxyl groups excluding tert-OH is 1. The van der Waals surface area contributed by atoms with Crippen molar-refractivity contribution >= 4 is 29.1 Å². The van der Waals surface area contributed by atoms with Crippen LogP contribution in [0.1, 0.15) is 37.4 Å². The number of halogens is 1. The summed E-state index contributed by atoms with van der Waals surface area (Å²) in [4.78, 5) is 27.1. The number of hydrogen-bond donors (Lipinski definition) is 2. The normalized spacial score (nSPS) is 18.4. The molecular weight excluding hydrogens is 406 g/mol. The van der Waals surface area contributed by atoms with E-state index in [1.54, 1.807) is 36.4 Å². The number of aliphatic hydroxyl groups is 1. The summed E-state index contributed by atoms with van der Waals surface area (Å²) >= 11 is 5.92. The van der Waals surface area contributed by atoms with E-state index in [4.69, 9.17) is 16.3 Å². The Morgan fingerprint density at radius 1 is 1.17 bits per heavy atom. The molecule has 0 aliphatic carbocycles. The second-order valence-electron chi connectivity index (χ2n) is 7.37. The summed E-state index contributed by atoms with van der Waals surface area (Å²) in [5, 5.41) is 21.3. The van der Waals surface area contributed by atoms with Gasteiger partial charge in [0.1, 0.15) is 11.5 Å². The van der Waals surface area contributed by atoms with Crippen LogP contribution in [0.4, 0.5) is 0 Å². The summed E-state index contributed by atoms with van der Waals surface area (Å²) in [5.41, 5.74) is 0.901. The van der Waals surface area contributed by atoms with Gasteiger partial charge in [0.15, 0.2) is 0 Å². The smallest absolute Gasteiger partial charge is 0.295 e. The van der Waals surface area contributed by atoms with Gasteiger partial charge in [0.05, 0.1) is 17.7 Å². The van der Waals surface area contributed by atoms with Gasteiger partial charge in [-0.3, -0.25) is 9.59 Å². The molecule has 2 aromatic carbocycles. The van der Waals surface area contributed by atoms with Gasteiger partial charge in [0.2, 0.25) is 0 Å². The fourth-order valence-corrected chi connectivity index (χ4v) is 3.60. The van der Waals surface area contributed by atoms with Crippen LogP contribution in [0.3, 0.4) is 0 Å². The second kappa shape index (κ2) is 9.32. The Bertz CT molecular complexity index is 968. The number of ketones is 1. The standard InChI is InChI=1S/C23H24ClNO5/c1-14(2)30-12-4-11-25-20(16-5-3-6-18(26)13-16)19(22(28)23(25)29)21(27)15-7-9-17(24)10-8-15/h3,5-10,13-14,20,26-27H,4,11-12H2,1-2H3/b21-19-. The average molecular weight is 430 g/mol. The first kappa shape index (κ1) is 21.9. The molecule has 0 spiro atoms. The summed E-state index contributed by atoms with van der Waals surface area (Å²) in [7, 11) is 0. The van der Waals surface area contributed by atoms with Crippen LogP contribution in [0, 0.1) is 0 Å². The maximum atomic E-state index is 12.9. The third-order valence-electron chi connectivity index (χ3n) is 4.84. The summed E-state index contributed by atoms with van der Waals surface area (Å²) in [5.74, 6) is -1.73. The van der Waals surface area contributed by atoms with E-state index in [0.717, 1.165) is 0 Å². The first-order chi connectivity index (χ1) is 14.3. The van der Waals surface area contributed by atoms with Crippen LogP contribution in [-0.2, 0) is 14.3 Å². The number of rotatable bonds is 7. The highest BCUT2D eigenvalue weighted by atomic mass is 35.5. The number of phenolic OH excluding ortho intramolecular Hbond substituents is 1. The number of phenols is 1. The highest BCUT2D eigenvalue weighted by Gasteiger charge is 2.45. The average Bonchev–Trinajstić information content (AvgIpc) is 2.96. The van der Waals surface area contributed by atoms with E-state index < -0.39 is 17.7 Å². The van der Waals surface area contributed by atoms with Gasteiger partial charge in [-0.25, -0.2) is 0 Å². The van der Waals surface area contributed by atoms with Crippen LogP contribution >= 0.6 is 11.6 Å². The van der Waals surface area contributed by atoms with Crippen LogP contribution in [-0.4, -0.2) is 46.1 Å². The Hall–Kier alpha value is -2.83. The van der Waals surface area contributed by atoms with Crippen LogP contribution in [0.25, 0.3) is 5.76 Å². The highest BCUT2D eigenvalue weighted by molar-refractivity contribution is 6.46. The van der Waals surface area contributed by atoms with Crippen molar-refractivity contribution < 1.29 is 24.5 Å². The van der Waals surface area contributed by atoms with E-state index in [2.05, 4.69) is 0 Å². The molecule has 0 bridgehead atoms. The van der Waals surface area contributed by atoms with E-state index in [1.165, 1.54) is 17.0 Å². The van der Waals surface area contributed by atoms with Crippen molar-refractivity contribution in [2.45, 2.75) is 32.4 Å². The summed E-state index contributed by atoms with van der Waals surface area (Å²) in [6, 6.07) is 11.9. The van der Waals surface area contributed by atoms with E-state index in [1.807, 2.05) is 13.8 Å². The van der Waals surface area contributed by atoms with Crippen molar-refractivity contribution in [2.75, 3.05) is 13.2 Å². The fourth-order valence-electron chi connectivity index (χ4n) is 3.47. The minimum absolute atomic E-state index is 0.00715. The van der Waals surface area contributed by atoms with Crippen molar-refractivity contribution in [2.24, 2.45) is 0 Å². The second-order valence-corrected chi connectivity index (χ2v) is 7.80. The number of likely N-dealkylation sites (tertiary alicyclic amines) is 1. The fraction of sp³-hybridized carbons (Fsp3) is 0.304. The highest BCUT2D eigenvalue weighted by Crippen LogP contribution is 2.40. The lowest BCUT2D eigenvalue weighted by Crippen LogP contribution is -2.31. The number of Topliss-reactive ketones (excluding diaryl/α,β-unsaturated/α-hetero) is 1. The number of amides is 1. The first-order valence-electron chi connectivity index (χ1n) is 9.74. The molecule has 158 valence electrons. The topological polar surface area (TPSA) is 87.1 Å². The molecule has 3 rings (SSSR count). The van der Waals surface area contributed by atoms with Crippen molar-refractivity contribution in [3.63, 3.8) is 0 Å². The molecule has 1 fully saturated rings. The molecule has 7 heteroatoms. The monoisotopic (exact) mass is 429 g/mol. The van der Waals surface area contributed by atoms with Gasteiger partial charge in [0.25, 0.3) is 11.7 Å². The summed E-state index contributed by atoms with van der Waals surface area (Å²) in [6.45, 7) is 4.55. The molecule has 0 aromatic heterocycles. The number of ether oxygens (including phenoxy) is 1. The van der Waals surface area contributed by atoms with Crippen LogP contribution in [0.2, 0.25) is 5.02 Å². The quantitative estimate of drug-likeness (QED) is 0.297. The molecule has 1 saturated heterocycles. The minimum Gasteiger partial charge on any atom is -0.508 e. The lowest BCUT2D eigenvalue weighted by atomic mass is 9.95. The summed E-state index contributed by atoms with van der Waals surface area (Å²) in [6.07, 6.45) is 0.591. The molecule has 1 unspecified atom stereocenters. The van der Waals surface area contributed by atoms with Crippen LogP contribution in [0.5, 0.6) is 5.75 Å². The number of benzene rings is 2. The molecule has 0 radical (unpaired) electrons. The SMILES string of the molecule is CC(C)OCCCN1C(=O)C(=O)/C(=C(\O)c2ccc(Cl)cc2)C1c1cccc(O)c1. The third kappa shape index (κ3) is 4.66. The molecule has 1 amide bonds. The molecule has 2 aromatic rings. The number of carbonyl (C=O) groups is 2. The summed E-state index contributed by atoms with van der Waals surface area (Å²) < 4.78 is 5.54. The first-order valence-corrected chi connectivity index (χ1v) is 10.1. The molecule has 1 heterocycles. The lowest BCUT2D eigenvalue weighted by molar-refractivity contribution is -0.140. The van der Waals surface area contributed by atoms with E-state index >= 15 is 0 Å². The number of carbonyl (C=O) groups excluding carboxylic acids is 2. The molecule has 6 nitrogen and oxygen atoms in total. The molecule has 1 aliphatic heterocycles. The molecule has 1 atom stereocenters. The van der Waals surface area contributed by atoms with Crippen molar-refractivity contribution in [1.29, 1.82) is 0 Å². The van der Waals surface area contributed by atoms with Gasteiger partial charge in [-0.05, 0) is 62.2 Å². The van der Waals surface area contributed by atoms with Gasteiger partial charge >= 0.3 is 0 Å². The van der Waals surface area contributed by atoms with Gasteiger partial charge in [-0.1, -0.05) is 23.7 Å². The van der Waals surface area contributed by atoms with Crippen molar-refractivity contribution in [3.05, 3.63) is 70.3 Å². The van der Waals surface area contributed by atoms with Gasteiger partial charge < -0.3 is 19.8 Å². The maximum Gasteiger partial charge on any atom is 0.295 e. The van der Waals surface area contributed by atoms with Gasteiger partial charge in [-0.2, -0.15) is 0 Å². The van der Waals surface area contributed by atoms with E-state index in [-0.39, 0.29) is 29.7 Å². The Labute approximate surface area is 180 Å². The Kier molecular flexibility index (Phi) is 6.80. The van der Waals surface area contributed by atoms with E-state index in [0.29, 0.717) is 29.2 Å². The Balaban J connectivity index is 2.03. The number of aromatic hydroxyl groups is 1. The van der Waals surface area contributed by atoms with Gasteiger partial charge in [0, 0.05) is 23.7 Å². The largest absolute Gasteiger partial charge is 0.508 e. The predicted octanol–water partition coefficient (Wildman–Crippen LogP) is 4.28. The molecule has 0 saturated carbocycles. The van der Waals surface area contributed by atoms with Crippen molar-refractivity contribution in [3.8, 4) is 5.75 Å². The third-order valence-corrected chi connectivity index (χ3v) is 5.09. The molecule has 30 heavy (non-hydrogen) atoms. The molecule has 1 aliphatic rings. The maximum absolute atomic E-state index is 12.9. The Morgan fingerprint density at radius 3 is 2.50 bits per heavy atom. The molecular formula is C23H24ClNO5. The zero-order valence-electron chi connectivity index (χ0n) is 16.8. The minimum atomic E-state index is -0.813. The lowest BCUT2D eigenvalue weighted by Gasteiger charge is -2.25. The number of hydrogen-bond acceptors (Lipinski definition) is 5. The Morgan fingerprint density at radius 2 is 1.87 bits per heavy atom. The number of nitrogens with zero attached hydrogens (tertiary/aromatic N) is 1. The zero-order valence-corrected chi connectivity index (χ0v) is 17.6. The predicted molar refractivity (Wildman–Crippen MR) is 114 cm³/mol. The van der Waals surface area contributed by atoms with Crippen molar-refractivity contribution in [1.82, 2.24) is 4.90 Å².